The van der Waals surface area contributed by atoms with Gasteiger partial charge in [-0.3, -0.25) is 4.79 Å². The zero-order chi connectivity index (χ0) is 16.6. The molecule has 0 radical (unpaired) electrons. The van der Waals surface area contributed by atoms with Crippen LogP contribution in [0.1, 0.15) is 22.8 Å². The van der Waals surface area contributed by atoms with Crippen LogP contribution >= 0.6 is 0 Å². The Morgan fingerprint density at radius 3 is 2.74 bits per heavy atom. The summed E-state index contributed by atoms with van der Waals surface area (Å²) in [7, 11) is 1.82. The highest BCUT2D eigenvalue weighted by Gasteiger charge is 2.09. The summed E-state index contributed by atoms with van der Waals surface area (Å²) in [6, 6.07) is 11.1. The number of fused-ring (bicyclic) bond motifs is 1. The van der Waals surface area contributed by atoms with E-state index in [-0.39, 0.29) is 5.56 Å². The van der Waals surface area contributed by atoms with Gasteiger partial charge in [0.15, 0.2) is 0 Å². The minimum atomic E-state index is -0.210. The van der Waals surface area contributed by atoms with Crippen molar-refractivity contribution in [3.8, 4) is 6.07 Å². The number of benzene rings is 1. The van der Waals surface area contributed by atoms with Gasteiger partial charge in [-0.05, 0) is 32.0 Å². The topological polar surface area (TPSA) is 76.0 Å². The molecule has 3 aromatic rings. The van der Waals surface area contributed by atoms with E-state index in [1.165, 1.54) is 4.68 Å². The Kier molecular flexibility index (Phi) is 3.54. The smallest absolute Gasteiger partial charge is 0.282 e. The third kappa shape index (κ3) is 2.42. The van der Waals surface area contributed by atoms with Crippen LogP contribution in [0.25, 0.3) is 10.9 Å². The Labute approximate surface area is 132 Å². The summed E-state index contributed by atoms with van der Waals surface area (Å²) in [5.74, 6) is 0.513. The second-order valence-corrected chi connectivity index (χ2v) is 5.28. The molecule has 114 valence electrons. The number of nitrogens with zero attached hydrogens (tertiary/aromatic N) is 5. The van der Waals surface area contributed by atoms with Crippen LogP contribution < -0.4 is 5.56 Å². The first-order chi connectivity index (χ1) is 11.0. The molecule has 0 fully saturated rings. The van der Waals surface area contributed by atoms with Crippen LogP contribution in [0.2, 0.25) is 0 Å². The van der Waals surface area contributed by atoms with Gasteiger partial charge < -0.3 is 4.57 Å². The first-order valence-corrected chi connectivity index (χ1v) is 7.12. The van der Waals surface area contributed by atoms with Gasteiger partial charge in [0.2, 0.25) is 0 Å². The Morgan fingerprint density at radius 1 is 1.30 bits per heavy atom. The fourth-order valence-electron chi connectivity index (χ4n) is 2.45. The molecule has 2 heterocycles. The maximum absolute atomic E-state index is 12.5. The minimum Gasteiger partial charge on any atom is -0.339 e. The van der Waals surface area contributed by atoms with E-state index >= 15 is 0 Å². The molecule has 6 heteroatoms. The monoisotopic (exact) mass is 305 g/mol. The van der Waals surface area contributed by atoms with Crippen LogP contribution in [-0.2, 0) is 7.05 Å². The van der Waals surface area contributed by atoms with Crippen molar-refractivity contribution < 1.29 is 0 Å². The molecule has 0 unspecified atom stereocenters. The van der Waals surface area contributed by atoms with Crippen LogP contribution in [0, 0.1) is 25.2 Å². The maximum Gasteiger partial charge on any atom is 0.282 e. The lowest BCUT2D eigenvalue weighted by molar-refractivity contribution is 0.770. The zero-order valence-corrected chi connectivity index (χ0v) is 13.1. The van der Waals surface area contributed by atoms with Gasteiger partial charge in [0.25, 0.3) is 5.56 Å². The van der Waals surface area contributed by atoms with Gasteiger partial charge in [-0.1, -0.05) is 12.1 Å². The molecule has 0 N–H and O–H groups in total. The third-order valence-corrected chi connectivity index (χ3v) is 3.92. The molecule has 0 aliphatic rings. The molecule has 6 nitrogen and oxygen atoms in total. The lowest BCUT2D eigenvalue weighted by atomic mass is 10.2. The molecule has 0 spiro atoms. The Bertz CT molecular complexity index is 1030. The van der Waals surface area contributed by atoms with E-state index < -0.39 is 0 Å². The predicted molar refractivity (Wildman–Crippen MR) is 88.6 cm³/mol. The minimum absolute atomic E-state index is 0.210. The molecule has 0 amide bonds. The van der Waals surface area contributed by atoms with Crippen LogP contribution in [0.3, 0.4) is 0 Å². The molecule has 0 atom stereocenters. The van der Waals surface area contributed by atoms with E-state index in [1.54, 1.807) is 42.0 Å². The molecule has 0 aliphatic heterocycles. The van der Waals surface area contributed by atoms with Gasteiger partial charge in [-0.25, -0.2) is 4.98 Å². The van der Waals surface area contributed by atoms with Crippen LogP contribution in [0.4, 0.5) is 0 Å². The van der Waals surface area contributed by atoms with Crippen molar-refractivity contribution >= 4 is 17.1 Å². The summed E-state index contributed by atoms with van der Waals surface area (Å²) in [4.78, 5) is 16.9. The van der Waals surface area contributed by atoms with Crippen molar-refractivity contribution in [3.05, 3.63) is 63.5 Å². The van der Waals surface area contributed by atoms with E-state index in [1.807, 2.05) is 20.0 Å². The fourth-order valence-corrected chi connectivity index (χ4v) is 2.45. The van der Waals surface area contributed by atoms with Crippen molar-refractivity contribution in [1.29, 1.82) is 5.26 Å². The second kappa shape index (κ2) is 5.54. The highest BCUT2D eigenvalue weighted by molar-refractivity contribution is 5.82. The van der Waals surface area contributed by atoms with E-state index in [0.29, 0.717) is 22.4 Å². The number of hydrogen-bond acceptors (Lipinski definition) is 4. The number of aryl methyl sites for hydroxylation is 1. The first kappa shape index (κ1) is 14.7. The van der Waals surface area contributed by atoms with Gasteiger partial charge in [-0.15, -0.1) is 0 Å². The summed E-state index contributed by atoms with van der Waals surface area (Å²) < 4.78 is 3.07. The molecule has 1 aromatic carbocycles. The second-order valence-electron chi connectivity index (χ2n) is 5.28. The number of hydrogen-bond donors (Lipinski definition) is 0. The number of rotatable bonds is 2. The molecule has 3 rings (SSSR count). The maximum atomic E-state index is 12.5. The average Bonchev–Trinajstić information content (AvgIpc) is 2.82. The lowest BCUT2D eigenvalue weighted by Gasteiger charge is -2.05. The van der Waals surface area contributed by atoms with Gasteiger partial charge in [-0.2, -0.15) is 15.0 Å². The Balaban J connectivity index is 2.12. The highest BCUT2D eigenvalue weighted by Crippen LogP contribution is 2.12. The quantitative estimate of drug-likeness (QED) is 0.680. The van der Waals surface area contributed by atoms with Gasteiger partial charge >= 0.3 is 0 Å². The normalized spacial score (nSPS) is 11.2. The molecule has 0 saturated heterocycles. The van der Waals surface area contributed by atoms with E-state index in [4.69, 9.17) is 5.26 Å². The predicted octanol–water partition coefficient (Wildman–Crippen LogP) is 2.11. The van der Waals surface area contributed by atoms with Crippen molar-refractivity contribution in [2.75, 3.05) is 0 Å². The van der Waals surface area contributed by atoms with E-state index in [9.17, 15) is 4.79 Å². The Morgan fingerprint density at radius 2 is 2.04 bits per heavy atom. The lowest BCUT2D eigenvalue weighted by Crippen LogP contribution is -2.20. The van der Waals surface area contributed by atoms with Crippen molar-refractivity contribution in [1.82, 2.24) is 14.2 Å². The molecular formula is C17H15N5O. The van der Waals surface area contributed by atoms with E-state index in [0.717, 1.165) is 11.3 Å². The van der Waals surface area contributed by atoms with Gasteiger partial charge in [0.1, 0.15) is 17.6 Å². The average molecular weight is 305 g/mol. The van der Waals surface area contributed by atoms with Crippen LogP contribution in [0.15, 0.2) is 40.2 Å². The van der Waals surface area contributed by atoms with Crippen molar-refractivity contribution in [3.63, 3.8) is 0 Å². The SMILES string of the molecule is Cc1c(/C=N\n2c(C)nc3ccccc3c2=O)cc(C#N)n1C. The summed E-state index contributed by atoms with van der Waals surface area (Å²) in [5.41, 5.74) is 2.69. The van der Waals surface area contributed by atoms with Crippen molar-refractivity contribution in [2.24, 2.45) is 12.1 Å². The van der Waals surface area contributed by atoms with Crippen LogP contribution in [0.5, 0.6) is 0 Å². The first-order valence-electron chi connectivity index (χ1n) is 7.12. The molecule has 0 bridgehead atoms. The fraction of sp³-hybridized carbons (Fsp3) is 0.176. The molecule has 0 saturated carbocycles. The zero-order valence-electron chi connectivity index (χ0n) is 13.1. The largest absolute Gasteiger partial charge is 0.339 e. The number of nitriles is 1. The van der Waals surface area contributed by atoms with Gasteiger partial charge in [0.05, 0.1) is 17.1 Å². The third-order valence-electron chi connectivity index (χ3n) is 3.92. The number of aromatic nitrogens is 3. The molecule has 23 heavy (non-hydrogen) atoms. The molecular weight excluding hydrogens is 290 g/mol. The summed E-state index contributed by atoms with van der Waals surface area (Å²) in [6.07, 6.45) is 1.58. The standard InChI is InChI=1S/C17H15N5O/c1-11-13(8-14(9-18)21(11)3)10-19-22-12(2)20-16-7-5-4-6-15(16)17(22)23/h4-8,10H,1-3H3/b19-10-. The summed E-state index contributed by atoms with van der Waals surface area (Å²) in [5, 5.41) is 13.9. The van der Waals surface area contributed by atoms with Gasteiger partial charge in [0, 0.05) is 18.3 Å². The Hall–Kier alpha value is -3.20. The van der Waals surface area contributed by atoms with E-state index in [2.05, 4.69) is 16.2 Å². The highest BCUT2D eigenvalue weighted by atomic mass is 16.1. The molecule has 2 aromatic heterocycles. The molecule has 0 aliphatic carbocycles. The van der Waals surface area contributed by atoms with Crippen LogP contribution in [-0.4, -0.2) is 20.4 Å². The summed E-state index contributed by atoms with van der Waals surface area (Å²) in [6.45, 7) is 3.64. The van der Waals surface area contributed by atoms with Crippen molar-refractivity contribution in [2.45, 2.75) is 13.8 Å². The number of para-hydroxylation sites is 1. The summed E-state index contributed by atoms with van der Waals surface area (Å²) >= 11 is 0.